The maximum Gasteiger partial charge on any atom is 0.312 e. The van der Waals surface area contributed by atoms with Crippen molar-refractivity contribution in [3.63, 3.8) is 0 Å². The summed E-state index contributed by atoms with van der Waals surface area (Å²) in [4.78, 5) is 25.9. The van der Waals surface area contributed by atoms with E-state index in [1.807, 2.05) is 20.8 Å². The van der Waals surface area contributed by atoms with Gasteiger partial charge >= 0.3 is 11.9 Å². The number of carbonyl (C=O) groups excluding carboxylic acids is 2. The molecule has 0 aromatic carbocycles. The third-order valence-electron chi connectivity index (χ3n) is 8.59. The van der Waals surface area contributed by atoms with Gasteiger partial charge in [0.2, 0.25) is 0 Å². The van der Waals surface area contributed by atoms with Crippen molar-refractivity contribution in [2.45, 2.75) is 110 Å². The van der Waals surface area contributed by atoms with Gasteiger partial charge in [0.15, 0.2) is 0 Å². The maximum atomic E-state index is 13.0. The minimum atomic E-state index is -0.467. The highest BCUT2D eigenvalue weighted by Gasteiger charge is 2.60. The first-order valence-corrected chi connectivity index (χ1v) is 11.6. The smallest absolute Gasteiger partial charge is 0.312 e. The Bertz CT molecular complexity index is 617. The highest BCUT2D eigenvalue weighted by Crippen LogP contribution is 2.61. The molecule has 4 bridgehead atoms. The molecule has 0 amide bonds. The van der Waals surface area contributed by atoms with Crippen molar-refractivity contribution in [1.29, 1.82) is 0 Å². The number of hydrogen-bond acceptors (Lipinski definition) is 4. The molecule has 5 aliphatic rings. The van der Waals surface area contributed by atoms with Gasteiger partial charge in [0.25, 0.3) is 0 Å². The zero-order valence-electron chi connectivity index (χ0n) is 18.2. The molecule has 0 aromatic heterocycles. The van der Waals surface area contributed by atoms with E-state index in [9.17, 15) is 9.59 Å². The van der Waals surface area contributed by atoms with Crippen LogP contribution in [-0.2, 0) is 19.1 Å². The summed E-state index contributed by atoms with van der Waals surface area (Å²) in [6, 6.07) is 0. The van der Waals surface area contributed by atoms with Crippen LogP contribution in [0, 0.1) is 29.1 Å². The van der Waals surface area contributed by atoms with Crippen LogP contribution in [0.2, 0.25) is 0 Å². The quantitative estimate of drug-likeness (QED) is 0.568. The van der Waals surface area contributed by atoms with Crippen LogP contribution in [0.1, 0.15) is 98.3 Å². The van der Waals surface area contributed by atoms with Crippen LogP contribution in [0.3, 0.4) is 0 Å². The molecule has 3 unspecified atom stereocenters. The summed E-state index contributed by atoms with van der Waals surface area (Å²) in [6.07, 6.45) is 11.0. The van der Waals surface area contributed by atoms with Gasteiger partial charge in [0, 0.05) is 5.92 Å². The SMILES string of the molecule is CCC(C)(C)C(=O)OC12CC3CC(CC(C3)C1CC(=O)OC1(C)CCCC1)C2. The Morgan fingerprint density at radius 2 is 1.61 bits per heavy atom. The average molecular weight is 391 g/mol. The fourth-order valence-corrected chi connectivity index (χ4v) is 6.77. The number of ether oxygens (including phenoxy) is 2. The predicted molar refractivity (Wildman–Crippen MR) is 108 cm³/mol. The topological polar surface area (TPSA) is 52.6 Å². The Morgan fingerprint density at radius 1 is 1.00 bits per heavy atom. The summed E-state index contributed by atoms with van der Waals surface area (Å²) in [5.41, 5.74) is -1.18. The van der Waals surface area contributed by atoms with Crippen molar-refractivity contribution in [3.05, 3.63) is 0 Å². The van der Waals surface area contributed by atoms with Crippen molar-refractivity contribution >= 4 is 11.9 Å². The third-order valence-corrected chi connectivity index (χ3v) is 8.59. The molecule has 0 saturated heterocycles. The molecule has 5 saturated carbocycles. The molecular weight excluding hydrogens is 352 g/mol. The standard InChI is InChI=1S/C24H38O4/c1-5-22(2,3)21(26)28-24-14-16-10-17(15-24)12-18(11-16)19(24)13-20(25)27-23(4)8-6-7-9-23/h16-19H,5-15H2,1-4H3. The lowest BCUT2D eigenvalue weighted by molar-refractivity contribution is -0.220. The van der Waals surface area contributed by atoms with Gasteiger partial charge in [-0.3, -0.25) is 9.59 Å². The van der Waals surface area contributed by atoms with Crippen molar-refractivity contribution in [1.82, 2.24) is 0 Å². The Hall–Kier alpha value is -1.06. The predicted octanol–water partition coefficient (Wildman–Crippen LogP) is 5.43. The van der Waals surface area contributed by atoms with Gasteiger partial charge in [0.1, 0.15) is 11.2 Å². The molecule has 0 spiro atoms. The number of carbonyl (C=O) groups is 2. The molecule has 4 nitrogen and oxygen atoms in total. The molecule has 3 atom stereocenters. The first-order valence-electron chi connectivity index (χ1n) is 11.6. The van der Waals surface area contributed by atoms with Crippen LogP contribution in [0.25, 0.3) is 0 Å². The Balaban J connectivity index is 1.52. The lowest BCUT2D eigenvalue weighted by Gasteiger charge is -2.60. The van der Waals surface area contributed by atoms with Gasteiger partial charge < -0.3 is 9.47 Å². The fraction of sp³-hybridized carbons (Fsp3) is 0.917. The first-order chi connectivity index (χ1) is 13.1. The van der Waals surface area contributed by atoms with Gasteiger partial charge in [-0.05, 0) is 103 Å². The van der Waals surface area contributed by atoms with E-state index in [0.29, 0.717) is 24.2 Å². The van der Waals surface area contributed by atoms with Crippen LogP contribution >= 0.6 is 0 Å². The van der Waals surface area contributed by atoms with Crippen LogP contribution in [0.15, 0.2) is 0 Å². The van der Waals surface area contributed by atoms with Gasteiger partial charge in [-0.25, -0.2) is 0 Å². The van der Waals surface area contributed by atoms with Crippen LogP contribution in [0.4, 0.5) is 0 Å². The molecule has 28 heavy (non-hydrogen) atoms. The van der Waals surface area contributed by atoms with Crippen molar-refractivity contribution in [3.8, 4) is 0 Å². The van der Waals surface area contributed by atoms with Crippen LogP contribution < -0.4 is 0 Å². The third kappa shape index (κ3) is 3.61. The summed E-state index contributed by atoms with van der Waals surface area (Å²) < 4.78 is 12.3. The lowest BCUT2D eigenvalue weighted by atomic mass is 9.49. The van der Waals surface area contributed by atoms with Gasteiger partial charge in [-0.2, -0.15) is 0 Å². The van der Waals surface area contributed by atoms with Crippen molar-refractivity contribution in [2.24, 2.45) is 29.1 Å². The minimum absolute atomic E-state index is 0.0768. The number of esters is 2. The summed E-state index contributed by atoms with van der Waals surface area (Å²) >= 11 is 0. The number of rotatable bonds is 6. The fourth-order valence-electron chi connectivity index (χ4n) is 6.77. The second-order valence-corrected chi connectivity index (χ2v) is 11.2. The summed E-state index contributed by atoms with van der Waals surface area (Å²) in [6.45, 7) is 8.06. The monoisotopic (exact) mass is 390 g/mol. The van der Waals surface area contributed by atoms with Gasteiger partial charge in [0.05, 0.1) is 11.8 Å². The van der Waals surface area contributed by atoms with Gasteiger partial charge in [-0.1, -0.05) is 6.92 Å². The van der Waals surface area contributed by atoms with E-state index in [0.717, 1.165) is 44.9 Å². The maximum absolute atomic E-state index is 13.0. The summed E-state index contributed by atoms with van der Waals surface area (Å²) in [5, 5.41) is 0. The molecule has 0 aliphatic heterocycles. The number of hydrogen-bond donors (Lipinski definition) is 0. The average Bonchev–Trinajstić information content (AvgIpc) is 3.03. The Morgan fingerprint density at radius 3 is 2.18 bits per heavy atom. The first kappa shape index (κ1) is 20.2. The van der Waals surface area contributed by atoms with E-state index in [1.165, 1.54) is 19.3 Å². The van der Waals surface area contributed by atoms with Gasteiger partial charge in [-0.15, -0.1) is 0 Å². The summed E-state index contributed by atoms with van der Waals surface area (Å²) in [7, 11) is 0. The molecule has 5 aliphatic carbocycles. The zero-order chi connectivity index (χ0) is 20.2. The molecular formula is C24H38O4. The van der Waals surface area contributed by atoms with E-state index < -0.39 is 11.0 Å². The second kappa shape index (κ2) is 7.02. The van der Waals surface area contributed by atoms with Crippen LogP contribution in [-0.4, -0.2) is 23.1 Å². The lowest BCUT2D eigenvalue weighted by Crippen LogP contribution is -2.60. The molecule has 0 aromatic rings. The van der Waals surface area contributed by atoms with Crippen molar-refractivity contribution < 1.29 is 19.1 Å². The van der Waals surface area contributed by atoms with Crippen LogP contribution in [0.5, 0.6) is 0 Å². The summed E-state index contributed by atoms with van der Waals surface area (Å²) in [5.74, 6) is 1.80. The molecule has 0 radical (unpaired) electrons. The van der Waals surface area contributed by atoms with E-state index >= 15 is 0 Å². The molecule has 4 heteroatoms. The Labute approximate surface area is 170 Å². The molecule has 0 N–H and O–H groups in total. The minimum Gasteiger partial charge on any atom is -0.459 e. The zero-order valence-corrected chi connectivity index (χ0v) is 18.2. The molecule has 5 fully saturated rings. The largest absolute Gasteiger partial charge is 0.459 e. The Kier molecular flexibility index (Phi) is 5.07. The van der Waals surface area contributed by atoms with E-state index in [4.69, 9.17) is 9.47 Å². The highest BCUT2D eigenvalue weighted by atomic mass is 16.6. The molecule has 0 heterocycles. The molecule has 5 rings (SSSR count). The van der Waals surface area contributed by atoms with Crippen molar-refractivity contribution in [2.75, 3.05) is 0 Å². The van der Waals surface area contributed by atoms with E-state index in [2.05, 4.69) is 6.92 Å². The van der Waals surface area contributed by atoms with E-state index in [-0.39, 0.29) is 23.5 Å². The highest BCUT2D eigenvalue weighted by molar-refractivity contribution is 5.76. The van der Waals surface area contributed by atoms with E-state index in [1.54, 1.807) is 0 Å². The molecule has 158 valence electrons. The normalized spacial score (nSPS) is 38.4. The second-order valence-electron chi connectivity index (χ2n) is 11.2.